The molecule has 1 aliphatic rings. The summed E-state index contributed by atoms with van der Waals surface area (Å²) in [7, 11) is -2.42. The van der Waals surface area contributed by atoms with Gasteiger partial charge in [-0.3, -0.25) is 0 Å². The maximum absolute atomic E-state index is 6.56. The molecule has 2 aromatic heterocycles. The van der Waals surface area contributed by atoms with Gasteiger partial charge in [0.25, 0.3) is 17.2 Å². The van der Waals surface area contributed by atoms with Crippen LogP contribution in [0, 0.1) is 0 Å². The number of hydrogen-bond donors (Lipinski definition) is 0. The van der Waals surface area contributed by atoms with Gasteiger partial charge in [0.05, 0.1) is 19.5 Å². The van der Waals surface area contributed by atoms with Crippen molar-refractivity contribution in [1.29, 1.82) is 0 Å². The Morgan fingerprint density at radius 3 is 1.67 bits per heavy atom. The highest BCUT2D eigenvalue weighted by molar-refractivity contribution is 8.01. The second-order valence-corrected chi connectivity index (χ2v) is 11.7. The lowest BCUT2D eigenvalue weighted by Gasteiger charge is -2.30. The van der Waals surface area contributed by atoms with Crippen molar-refractivity contribution >= 4 is 34.5 Å². The third kappa shape index (κ3) is 4.38. The highest BCUT2D eigenvalue weighted by Gasteiger charge is 2.53. The smallest absolute Gasteiger partial charge is 0.268 e. The summed E-state index contributed by atoms with van der Waals surface area (Å²) in [5.74, 6) is 1.92. The molecule has 3 heterocycles. The zero-order valence-electron chi connectivity index (χ0n) is 19.7. The largest absolute Gasteiger partial charge is 1.00 e. The Morgan fingerprint density at radius 2 is 1.19 bits per heavy atom. The van der Waals surface area contributed by atoms with E-state index < -0.39 is 7.26 Å². The van der Waals surface area contributed by atoms with Crippen LogP contribution in [-0.2, 0) is 4.74 Å². The first-order valence-electron chi connectivity index (χ1n) is 11.8. The van der Waals surface area contributed by atoms with Gasteiger partial charge in [0.1, 0.15) is 15.9 Å². The maximum atomic E-state index is 6.56. The zero-order valence-corrected chi connectivity index (χ0v) is 22.7. The van der Waals surface area contributed by atoms with Crippen LogP contribution in [0.1, 0.15) is 0 Å². The van der Waals surface area contributed by atoms with Gasteiger partial charge < -0.3 is 42.4 Å². The van der Waals surface area contributed by atoms with Crippen LogP contribution in [0.15, 0.2) is 118 Å². The van der Waals surface area contributed by atoms with Crippen molar-refractivity contribution in [3.8, 4) is 11.7 Å². The molecular weight excluding hydrogens is 582 g/mol. The molecule has 0 bridgehead atoms. The first-order chi connectivity index (χ1) is 17.4. The molecule has 3 aromatic carbocycles. The lowest BCUT2D eigenvalue weighted by Crippen LogP contribution is -3.00. The molecule has 0 atom stereocenters. The molecule has 0 radical (unpaired) electrons. The zero-order chi connectivity index (χ0) is 23.5. The molecule has 182 valence electrons. The lowest BCUT2D eigenvalue weighted by molar-refractivity contribution is -0.00000836. The molecule has 7 heteroatoms. The van der Waals surface area contributed by atoms with E-state index in [4.69, 9.17) is 18.6 Å². The Balaban J connectivity index is 0.00000267. The van der Waals surface area contributed by atoms with Crippen molar-refractivity contribution in [3.63, 3.8) is 0 Å². The van der Waals surface area contributed by atoms with Gasteiger partial charge in [-0.05, 0) is 48.5 Å². The van der Waals surface area contributed by atoms with Crippen LogP contribution < -0.4 is 50.2 Å². The molecule has 5 aromatic rings. The monoisotopic (exact) mass is 608 g/mol. The number of aromatic nitrogens is 1. The second-order valence-electron chi connectivity index (χ2n) is 8.40. The number of anilines is 1. The summed E-state index contributed by atoms with van der Waals surface area (Å²) < 4.78 is 17.9. The molecule has 1 aliphatic heterocycles. The van der Waals surface area contributed by atoms with E-state index >= 15 is 0 Å². The molecule has 36 heavy (non-hydrogen) atoms. The molecular formula is C29H26IN2O3P. The number of furan rings is 1. The second kappa shape index (κ2) is 11.0. The van der Waals surface area contributed by atoms with Gasteiger partial charge in [-0.2, -0.15) is 4.98 Å². The minimum Gasteiger partial charge on any atom is -1.00 e. The molecule has 0 N–H and O–H groups in total. The summed E-state index contributed by atoms with van der Waals surface area (Å²) >= 11 is 0. The molecule has 0 saturated carbocycles. The van der Waals surface area contributed by atoms with Gasteiger partial charge in [-0.15, -0.1) is 0 Å². The molecule has 0 aliphatic carbocycles. The Morgan fingerprint density at radius 1 is 0.667 bits per heavy atom. The predicted molar refractivity (Wildman–Crippen MR) is 142 cm³/mol. The highest BCUT2D eigenvalue weighted by atomic mass is 127. The number of ether oxygens (including phenoxy) is 1. The number of hydrogen-bond acceptors (Lipinski definition) is 5. The van der Waals surface area contributed by atoms with Crippen LogP contribution in [0.4, 0.5) is 5.88 Å². The molecule has 1 saturated heterocycles. The summed E-state index contributed by atoms with van der Waals surface area (Å²) in [4.78, 5) is 7.50. The van der Waals surface area contributed by atoms with Gasteiger partial charge in [-0.25, -0.2) is 0 Å². The van der Waals surface area contributed by atoms with Gasteiger partial charge >= 0.3 is 0 Å². The highest BCUT2D eigenvalue weighted by Crippen LogP contribution is 2.56. The summed E-state index contributed by atoms with van der Waals surface area (Å²) in [6.07, 6.45) is 1.65. The van der Waals surface area contributed by atoms with Crippen molar-refractivity contribution in [2.75, 3.05) is 31.2 Å². The molecule has 1 fully saturated rings. The van der Waals surface area contributed by atoms with Crippen LogP contribution in [0.2, 0.25) is 0 Å². The fourth-order valence-electron chi connectivity index (χ4n) is 4.77. The van der Waals surface area contributed by atoms with E-state index in [1.54, 1.807) is 6.26 Å². The molecule has 5 nitrogen and oxygen atoms in total. The fraction of sp³-hybridized carbons (Fsp3) is 0.138. The van der Waals surface area contributed by atoms with Crippen molar-refractivity contribution in [3.05, 3.63) is 109 Å². The number of rotatable bonds is 6. The maximum Gasteiger partial charge on any atom is 0.268 e. The van der Waals surface area contributed by atoms with E-state index in [9.17, 15) is 0 Å². The van der Waals surface area contributed by atoms with Crippen molar-refractivity contribution in [1.82, 2.24) is 4.98 Å². The number of nitrogens with zero attached hydrogens (tertiary/aromatic N) is 2. The van der Waals surface area contributed by atoms with Crippen LogP contribution in [0.5, 0.6) is 0 Å². The molecule has 0 unspecified atom stereocenters. The molecule has 0 amide bonds. The van der Waals surface area contributed by atoms with Crippen molar-refractivity contribution in [2.24, 2.45) is 0 Å². The first-order valence-corrected chi connectivity index (χ1v) is 13.6. The van der Waals surface area contributed by atoms with Crippen molar-refractivity contribution in [2.45, 2.75) is 0 Å². The first kappa shape index (κ1) is 24.8. The van der Waals surface area contributed by atoms with Crippen LogP contribution in [-0.4, -0.2) is 31.3 Å². The number of morpholine rings is 1. The standard InChI is InChI=1S/C29H26N2O3P.HI/c1-4-11-23(12-5-1)35(24-13-6-2-7-14-24,25-15-8-3-9-16-25)28-29(31-18-21-32-22-19-31)34-27(30-28)26-17-10-20-33-26;/h1-17,20H,18-19,21-22H2;1H/q+1;/p-1. The van der Waals surface area contributed by atoms with Crippen molar-refractivity contribution < 1.29 is 37.5 Å². The minimum atomic E-state index is -2.42. The minimum absolute atomic E-state index is 0. The van der Waals surface area contributed by atoms with Crippen LogP contribution >= 0.6 is 7.26 Å². The van der Waals surface area contributed by atoms with E-state index in [0.29, 0.717) is 24.9 Å². The van der Waals surface area contributed by atoms with E-state index in [1.165, 1.54) is 15.9 Å². The Labute approximate surface area is 228 Å². The quantitative estimate of drug-likeness (QED) is 0.216. The van der Waals surface area contributed by atoms with Gasteiger partial charge in [-0.1, -0.05) is 54.6 Å². The average Bonchev–Trinajstić information content (AvgIpc) is 3.63. The van der Waals surface area contributed by atoms with Crippen LogP contribution in [0.25, 0.3) is 11.7 Å². The Bertz CT molecular complexity index is 1270. The third-order valence-electron chi connectivity index (χ3n) is 6.37. The van der Waals surface area contributed by atoms with E-state index in [2.05, 4.69) is 95.9 Å². The van der Waals surface area contributed by atoms with Gasteiger partial charge in [0, 0.05) is 13.1 Å². The summed E-state index contributed by atoms with van der Waals surface area (Å²) in [5, 5.41) is 3.68. The molecule has 0 spiro atoms. The topological polar surface area (TPSA) is 51.6 Å². The summed E-state index contributed by atoms with van der Waals surface area (Å²) in [6.45, 7) is 2.81. The van der Waals surface area contributed by atoms with Gasteiger partial charge in [0.2, 0.25) is 0 Å². The Hall–Kier alpha value is -2.93. The average molecular weight is 608 g/mol. The third-order valence-corrected chi connectivity index (χ3v) is 10.5. The SMILES string of the molecule is [I-].c1ccc([P+](c2ccccc2)(c2ccccc2)c2nc(-c3ccco3)oc2N2CCOCC2)cc1. The van der Waals surface area contributed by atoms with Crippen LogP contribution in [0.3, 0.4) is 0 Å². The number of halogens is 1. The fourth-order valence-corrected chi connectivity index (χ4v) is 8.97. The predicted octanol–water partition coefficient (Wildman–Crippen LogP) is 1.39. The van der Waals surface area contributed by atoms with E-state index in [0.717, 1.165) is 24.4 Å². The van der Waals surface area contributed by atoms with Gasteiger partial charge in [0.15, 0.2) is 13.0 Å². The Kier molecular flexibility index (Phi) is 7.56. The number of benzene rings is 3. The summed E-state index contributed by atoms with van der Waals surface area (Å²) in [5.41, 5.74) is 0.953. The lowest BCUT2D eigenvalue weighted by atomic mass is 10.4. The molecule has 6 rings (SSSR count). The van der Waals surface area contributed by atoms with E-state index in [-0.39, 0.29) is 24.0 Å². The summed E-state index contributed by atoms with van der Waals surface area (Å²) in [6, 6.07) is 35.9. The van der Waals surface area contributed by atoms with E-state index in [1.807, 2.05) is 12.1 Å². The normalized spacial score (nSPS) is 13.8. The number of oxazole rings is 1.